The van der Waals surface area contributed by atoms with Gasteiger partial charge in [0.25, 0.3) is 0 Å². The molecular formula is C11H17N5O. The lowest BCUT2D eigenvalue weighted by Gasteiger charge is -2.25. The largest absolute Gasteiger partial charge is 0.357 e. The number of nitrogens with zero attached hydrogens (tertiary/aromatic N) is 3. The van der Waals surface area contributed by atoms with Gasteiger partial charge in [0.05, 0.1) is 5.69 Å². The van der Waals surface area contributed by atoms with Crippen LogP contribution in [0.25, 0.3) is 0 Å². The van der Waals surface area contributed by atoms with Crippen molar-refractivity contribution in [1.29, 1.82) is 0 Å². The molecule has 1 fully saturated rings. The second kappa shape index (κ2) is 5.09. The second-order valence-corrected chi connectivity index (χ2v) is 4.00. The summed E-state index contributed by atoms with van der Waals surface area (Å²) in [6.07, 6.45) is 5.09. The Balaban J connectivity index is 2.29. The average Bonchev–Trinajstić information content (AvgIpc) is 2.86. The maximum atomic E-state index is 11.8. The lowest BCUT2D eigenvalue weighted by Crippen LogP contribution is -2.42. The summed E-state index contributed by atoms with van der Waals surface area (Å²) in [5.41, 5.74) is 6.38. The summed E-state index contributed by atoms with van der Waals surface area (Å²) in [7, 11) is 1.65. The first-order chi connectivity index (χ1) is 8.27. The topological polar surface area (TPSA) is 84.1 Å². The van der Waals surface area contributed by atoms with E-state index >= 15 is 0 Å². The standard InChI is InChI=1S/C11H17N5O/c1-13-11(17)9-3-2-6-16(9)10-8(7-12)14-4-5-15-10/h4-5,9H,2-3,6-7,12H2,1H3,(H,13,17). The fourth-order valence-electron chi connectivity index (χ4n) is 2.20. The van der Waals surface area contributed by atoms with Crippen molar-refractivity contribution in [2.45, 2.75) is 25.4 Å². The molecule has 1 aliphatic heterocycles. The number of aromatic nitrogens is 2. The number of carbonyl (C=O) groups excluding carboxylic acids is 1. The van der Waals surface area contributed by atoms with Gasteiger partial charge in [-0.1, -0.05) is 0 Å². The average molecular weight is 235 g/mol. The van der Waals surface area contributed by atoms with Crippen LogP contribution in [0, 0.1) is 0 Å². The van der Waals surface area contributed by atoms with Crippen LogP contribution in [0.5, 0.6) is 0 Å². The van der Waals surface area contributed by atoms with Gasteiger partial charge in [0.15, 0.2) is 5.82 Å². The molecular weight excluding hydrogens is 218 g/mol. The zero-order valence-electron chi connectivity index (χ0n) is 9.89. The highest BCUT2D eigenvalue weighted by molar-refractivity contribution is 5.85. The van der Waals surface area contributed by atoms with Crippen LogP contribution in [0.1, 0.15) is 18.5 Å². The van der Waals surface area contributed by atoms with Crippen LogP contribution in [0.4, 0.5) is 5.82 Å². The lowest BCUT2D eigenvalue weighted by atomic mass is 10.2. The number of amides is 1. The van der Waals surface area contributed by atoms with Crippen molar-refractivity contribution in [1.82, 2.24) is 15.3 Å². The van der Waals surface area contributed by atoms with Crippen LogP contribution in [-0.4, -0.2) is 35.5 Å². The molecule has 0 spiro atoms. The molecule has 3 N–H and O–H groups in total. The summed E-state index contributed by atoms with van der Waals surface area (Å²) in [6.45, 7) is 1.16. The summed E-state index contributed by atoms with van der Waals surface area (Å²) >= 11 is 0. The van der Waals surface area contributed by atoms with Gasteiger partial charge in [-0.2, -0.15) is 0 Å². The second-order valence-electron chi connectivity index (χ2n) is 4.00. The third kappa shape index (κ3) is 2.21. The molecule has 0 bridgehead atoms. The van der Waals surface area contributed by atoms with E-state index in [2.05, 4.69) is 15.3 Å². The molecule has 17 heavy (non-hydrogen) atoms. The van der Waals surface area contributed by atoms with Gasteiger partial charge in [0, 0.05) is 32.5 Å². The Morgan fingerprint density at radius 3 is 3.06 bits per heavy atom. The Morgan fingerprint density at radius 1 is 1.59 bits per heavy atom. The summed E-state index contributed by atoms with van der Waals surface area (Å²) in [4.78, 5) is 22.3. The Bertz CT molecular complexity index is 409. The number of anilines is 1. The van der Waals surface area contributed by atoms with Crippen LogP contribution in [0.15, 0.2) is 12.4 Å². The molecule has 92 valence electrons. The van der Waals surface area contributed by atoms with Crippen molar-refractivity contribution in [2.24, 2.45) is 5.73 Å². The van der Waals surface area contributed by atoms with Gasteiger partial charge < -0.3 is 16.0 Å². The minimum absolute atomic E-state index is 0.0242. The van der Waals surface area contributed by atoms with Gasteiger partial charge in [-0.15, -0.1) is 0 Å². The fraction of sp³-hybridized carbons (Fsp3) is 0.545. The molecule has 1 atom stereocenters. The van der Waals surface area contributed by atoms with Crippen molar-refractivity contribution < 1.29 is 4.79 Å². The van der Waals surface area contributed by atoms with Gasteiger partial charge in [0.2, 0.25) is 5.91 Å². The Kier molecular flexibility index (Phi) is 3.53. The Hall–Kier alpha value is -1.69. The third-order valence-corrected chi connectivity index (χ3v) is 3.02. The van der Waals surface area contributed by atoms with E-state index in [1.165, 1.54) is 0 Å². The van der Waals surface area contributed by atoms with Crippen molar-refractivity contribution in [3.8, 4) is 0 Å². The van der Waals surface area contributed by atoms with Crippen molar-refractivity contribution in [3.63, 3.8) is 0 Å². The summed E-state index contributed by atoms with van der Waals surface area (Å²) in [5.74, 6) is 0.761. The number of carbonyl (C=O) groups is 1. The van der Waals surface area contributed by atoms with Gasteiger partial charge in [0.1, 0.15) is 6.04 Å². The molecule has 6 heteroatoms. The third-order valence-electron chi connectivity index (χ3n) is 3.02. The zero-order valence-corrected chi connectivity index (χ0v) is 9.89. The molecule has 0 saturated carbocycles. The van der Waals surface area contributed by atoms with Gasteiger partial charge in [-0.3, -0.25) is 9.78 Å². The minimum Gasteiger partial charge on any atom is -0.357 e. The molecule has 1 amide bonds. The monoisotopic (exact) mass is 235 g/mol. The molecule has 0 aliphatic carbocycles. The van der Waals surface area contributed by atoms with Crippen LogP contribution in [0.2, 0.25) is 0 Å². The molecule has 2 heterocycles. The van der Waals surface area contributed by atoms with Crippen LogP contribution in [0.3, 0.4) is 0 Å². The fourth-order valence-corrected chi connectivity index (χ4v) is 2.20. The SMILES string of the molecule is CNC(=O)C1CCCN1c1nccnc1CN. The highest BCUT2D eigenvalue weighted by Gasteiger charge is 2.32. The number of nitrogens with two attached hydrogens (primary N) is 1. The number of likely N-dealkylation sites (N-methyl/N-ethyl adjacent to an activating group) is 1. The highest BCUT2D eigenvalue weighted by Crippen LogP contribution is 2.25. The molecule has 1 aliphatic rings. The number of hydrogen-bond acceptors (Lipinski definition) is 5. The predicted octanol–water partition coefficient (Wildman–Crippen LogP) is -0.350. The van der Waals surface area contributed by atoms with Gasteiger partial charge in [-0.25, -0.2) is 4.98 Å². The van der Waals surface area contributed by atoms with Crippen LogP contribution >= 0.6 is 0 Å². The first-order valence-electron chi connectivity index (χ1n) is 5.76. The van der Waals surface area contributed by atoms with Crippen LogP contribution in [-0.2, 0) is 11.3 Å². The summed E-state index contributed by atoms with van der Waals surface area (Å²) in [5, 5.41) is 2.68. The quantitative estimate of drug-likeness (QED) is 0.748. The molecule has 2 rings (SSSR count). The van der Waals surface area contributed by atoms with Gasteiger partial charge >= 0.3 is 0 Å². The maximum Gasteiger partial charge on any atom is 0.242 e. The van der Waals surface area contributed by atoms with Gasteiger partial charge in [-0.05, 0) is 12.8 Å². The molecule has 1 saturated heterocycles. The van der Waals surface area contributed by atoms with E-state index < -0.39 is 0 Å². The van der Waals surface area contributed by atoms with E-state index in [9.17, 15) is 4.79 Å². The van der Waals surface area contributed by atoms with Crippen molar-refractivity contribution in [2.75, 3.05) is 18.5 Å². The van der Waals surface area contributed by atoms with E-state index in [0.29, 0.717) is 6.54 Å². The number of nitrogens with one attached hydrogen (secondary N) is 1. The Morgan fingerprint density at radius 2 is 2.35 bits per heavy atom. The smallest absolute Gasteiger partial charge is 0.242 e. The molecule has 1 aromatic heterocycles. The molecule has 1 aromatic rings. The van der Waals surface area contributed by atoms with Crippen molar-refractivity contribution in [3.05, 3.63) is 18.1 Å². The molecule has 1 unspecified atom stereocenters. The summed E-state index contributed by atoms with van der Waals surface area (Å²) < 4.78 is 0. The highest BCUT2D eigenvalue weighted by atomic mass is 16.2. The molecule has 0 aromatic carbocycles. The first-order valence-corrected chi connectivity index (χ1v) is 5.76. The van der Waals surface area contributed by atoms with Crippen LogP contribution < -0.4 is 16.0 Å². The maximum absolute atomic E-state index is 11.8. The van der Waals surface area contributed by atoms with E-state index in [1.807, 2.05) is 4.90 Å². The van der Waals surface area contributed by atoms with E-state index in [-0.39, 0.29) is 11.9 Å². The predicted molar refractivity (Wildman–Crippen MR) is 64.4 cm³/mol. The number of rotatable bonds is 3. The lowest BCUT2D eigenvalue weighted by molar-refractivity contribution is -0.121. The first kappa shape index (κ1) is 11.8. The van der Waals surface area contributed by atoms with E-state index in [4.69, 9.17) is 5.73 Å². The number of hydrogen-bond donors (Lipinski definition) is 2. The van der Waals surface area contributed by atoms with E-state index in [0.717, 1.165) is 30.9 Å². The van der Waals surface area contributed by atoms with E-state index in [1.54, 1.807) is 19.4 Å². The van der Waals surface area contributed by atoms with Crippen molar-refractivity contribution >= 4 is 11.7 Å². The molecule has 0 radical (unpaired) electrons. The zero-order chi connectivity index (χ0) is 12.3. The minimum atomic E-state index is -0.151. The summed E-state index contributed by atoms with van der Waals surface area (Å²) in [6, 6.07) is -0.151. The molecule has 6 nitrogen and oxygen atoms in total. The normalized spacial score (nSPS) is 19.4. The Labute approximate surface area is 100 Å².